The SMILES string of the molecule is N#C[C@@H]1C[C@H](F)CN1C(=O)[C@@H]1C[C@H](N2CCN(c3ncccn3)CC2)CN1. The van der Waals surface area contributed by atoms with E-state index in [0.29, 0.717) is 6.42 Å². The number of rotatable bonds is 3. The number of anilines is 1. The van der Waals surface area contributed by atoms with Crippen molar-refractivity contribution in [3.8, 4) is 6.07 Å². The van der Waals surface area contributed by atoms with Gasteiger partial charge >= 0.3 is 0 Å². The number of likely N-dealkylation sites (tertiary alicyclic amines) is 1. The van der Waals surface area contributed by atoms with Crippen LogP contribution in [0.1, 0.15) is 12.8 Å². The van der Waals surface area contributed by atoms with Gasteiger partial charge in [-0.25, -0.2) is 14.4 Å². The lowest BCUT2D eigenvalue weighted by molar-refractivity contribution is -0.133. The number of alkyl halides is 1. The van der Waals surface area contributed by atoms with Crippen molar-refractivity contribution in [1.29, 1.82) is 5.26 Å². The summed E-state index contributed by atoms with van der Waals surface area (Å²) < 4.78 is 13.6. The number of carbonyl (C=O) groups is 1. The molecule has 1 N–H and O–H groups in total. The van der Waals surface area contributed by atoms with Crippen LogP contribution in [-0.2, 0) is 4.79 Å². The zero-order valence-electron chi connectivity index (χ0n) is 15.2. The normalized spacial score (nSPS) is 31.9. The van der Waals surface area contributed by atoms with Crippen molar-refractivity contribution in [2.45, 2.75) is 37.1 Å². The van der Waals surface area contributed by atoms with E-state index in [1.807, 2.05) is 6.07 Å². The predicted molar refractivity (Wildman–Crippen MR) is 96.6 cm³/mol. The monoisotopic (exact) mass is 373 g/mol. The van der Waals surface area contributed by atoms with Crippen molar-refractivity contribution < 1.29 is 9.18 Å². The van der Waals surface area contributed by atoms with Gasteiger partial charge in [-0.15, -0.1) is 0 Å². The Hall–Kier alpha value is -2.31. The predicted octanol–water partition coefficient (Wildman–Crippen LogP) is -0.208. The maximum atomic E-state index is 13.6. The average molecular weight is 373 g/mol. The molecule has 0 aromatic carbocycles. The molecule has 1 aromatic heterocycles. The highest BCUT2D eigenvalue weighted by Gasteiger charge is 2.41. The van der Waals surface area contributed by atoms with Crippen LogP contribution in [0, 0.1) is 11.3 Å². The van der Waals surface area contributed by atoms with Gasteiger partial charge in [-0.2, -0.15) is 5.26 Å². The second-order valence-electron chi connectivity index (χ2n) is 7.39. The fourth-order valence-electron chi connectivity index (χ4n) is 4.28. The van der Waals surface area contributed by atoms with Gasteiger partial charge in [0.2, 0.25) is 11.9 Å². The number of nitrogens with zero attached hydrogens (tertiary/aromatic N) is 6. The Bertz CT molecular complexity index is 703. The summed E-state index contributed by atoms with van der Waals surface area (Å²) in [6.45, 7) is 4.26. The van der Waals surface area contributed by atoms with Crippen molar-refractivity contribution >= 4 is 11.9 Å². The number of nitriles is 1. The first kappa shape index (κ1) is 18.1. The molecule has 0 aliphatic carbocycles. The fourth-order valence-corrected chi connectivity index (χ4v) is 4.28. The van der Waals surface area contributed by atoms with Gasteiger partial charge in [-0.05, 0) is 12.5 Å². The summed E-state index contributed by atoms with van der Waals surface area (Å²) >= 11 is 0. The van der Waals surface area contributed by atoms with Gasteiger partial charge in [0.05, 0.1) is 18.7 Å². The van der Waals surface area contributed by atoms with Crippen LogP contribution in [0.15, 0.2) is 18.5 Å². The molecule has 0 saturated carbocycles. The molecular formula is C18H24FN7O. The van der Waals surface area contributed by atoms with E-state index in [1.165, 1.54) is 4.90 Å². The highest BCUT2D eigenvalue weighted by molar-refractivity contribution is 5.83. The molecule has 4 rings (SSSR count). The minimum Gasteiger partial charge on any atom is -0.338 e. The summed E-state index contributed by atoms with van der Waals surface area (Å²) in [5, 5.41) is 12.4. The molecule has 3 fully saturated rings. The smallest absolute Gasteiger partial charge is 0.240 e. The van der Waals surface area contributed by atoms with Gasteiger partial charge in [-0.1, -0.05) is 0 Å². The number of amides is 1. The summed E-state index contributed by atoms with van der Waals surface area (Å²) in [5.41, 5.74) is 0. The molecule has 3 aliphatic heterocycles. The quantitative estimate of drug-likeness (QED) is 0.784. The largest absolute Gasteiger partial charge is 0.338 e. The van der Waals surface area contributed by atoms with Gasteiger partial charge in [0.25, 0.3) is 0 Å². The standard InChI is InChI=1S/C18H24FN7O/c19-13-8-14(10-20)26(12-13)17(27)16-9-15(11-23-16)24-4-6-25(7-5-24)18-21-2-1-3-22-18/h1-3,13-16,23H,4-9,11-12H2/t13-,14-,15-,16-/m0/s1. The van der Waals surface area contributed by atoms with Crippen LogP contribution in [0.5, 0.6) is 0 Å². The van der Waals surface area contributed by atoms with Gasteiger partial charge in [-0.3, -0.25) is 9.69 Å². The Morgan fingerprint density at radius 1 is 1.22 bits per heavy atom. The molecule has 1 amide bonds. The molecule has 3 aliphatic rings. The molecule has 8 nitrogen and oxygen atoms in total. The minimum absolute atomic E-state index is 0.0374. The summed E-state index contributed by atoms with van der Waals surface area (Å²) in [6, 6.07) is 3.18. The van der Waals surface area contributed by atoms with Gasteiger partial charge < -0.3 is 15.1 Å². The Labute approximate surface area is 158 Å². The van der Waals surface area contributed by atoms with Crippen molar-refractivity contribution in [1.82, 2.24) is 25.1 Å². The van der Waals surface area contributed by atoms with Crippen molar-refractivity contribution in [3.05, 3.63) is 18.5 Å². The van der Waals surface area contributed by atoms with Crippen LogP contribution in [0.2, 0.25) is 0 Å². The number of hydrogen-bond acceptors (Lipinski definition) is 7. The number of hydrogen-bond donors (Lipinski definition) is 1. The van der Waals surface area contributed by atoms with E-state index < -0.39 is 12.2 Å². The highest BCUT2D eigenvalue weighted by Crippen LogP contribution is 2.24. The average Bonchev–Trinajstić information content (AvgIpc) is 3.35. The Kier molecular flexibility index (Phi) is 5.18. The molecule has 144 valence electrons. The van der Waals surface area contributed by atoms with Gasteiger partial charge in [0, 0.05) is 57.6 Å². The first-order valence-corrected chi connectivity index (χ1v) is 9.49. The van der Waals surface area contributed by atoms with Crippen LogP contribution in [0.25, 0.3) is 0 Å². The van der Waals surface area contributed by atoms with Crippen LogP contribution >= 0.6 is 0 Å². The Balaban J connectivity index is 1.30. The zero-order valence-corrected chi connectivity index (χ0v) is 15.2. The second-order valence-corrected chi connectivity index (χ2v) is 7.39. The molecular weight excluding hydrogens is 349 g/mol. The zero-order chi connectivity index (χ0) is 18.8. The molecule has 0 unspecified atom stereocenters. The van der Waals surface area contributed by atoms with Crippen molar-refractivity contribution in [2.24, 2.45) is 0 Å². The maximum Gasteiger partial charge on any atom is 0.240 e. The summed E-state index contributed by atoms with van der Waals surface area (Å²) in [6.07, 6.45) is 3.24. The minimum atomic E-state index is -1.09. The van der Waals surface area contributed by atoms with E-state index in [1.54, 1.807) is 12.4 Å². The van der Waals surface area contributed by atoms with E-state index in [0.717, 1.165) is 38.7 Å². The van der Waals surface area contributed by atoms with Crippen molar-refractivity contribution in [3.63, 3.8) is 0 Å². The lowest BCUT2D eigenvalue weighted by Gasteiger charge is -2.37. The molecule has 0 radical (unpaired) electrons. The first-order valence-electron chi connectivity index (χ1n) is 9.49. The Morgan fingerprint density at radius 2 is 1.96 bits per heavy atom. The molecule has 0 bridgehead atoms. The third-order valence-corrected chi connectivity index (χ3v) is 5.75. The summed E-state index contributed by atoms with van der Waals surface area (Å²) in [7, 11) is 0. The highest BCUT2D eigenvalue weighted by atomic mass is 19.1. The topological polar surface area (TPSA) is 88.4 Å². The number of piperazine rings is 1. The van der Waals surface area contributed by atoms with E-state index in [9.17, 15) is 9.18 Å². The lowest BCUT2D eigenvalue weighted by atomic mass is 10.1. The molecule has 4 heterocycles. The summed E-state index contributed by atoms with van der Waals surface area (Å²) in [5.74, 6) is 0.618. The summed E-state index contributed by atoms with van der Waals surface area (Å²) in [4.78, 5) is 27.3. The van der Waals surface area contributed by atoms with E-state index in [4.69, 9.17) is 5.26 Å². The second kappa shape index (κ2) is 7.74. The third kappa shape index (κ3) is 3.73. The van der Waals surface area contributed by atoms with Crippen LogP contribution < -0.4 is 10.2 Å². The van der Waals surface area contributed by atoms with Gasteiger partial charge in [0.15, 0.2) is 0 Å². The van der Waals surface area contributed by atoms with Crippen LogP contribution in [0.3, 0.4) is 0 Å². The Morgan fingerprint density at radius 3 is 2.67 bits per heavy atom. The number of halogens is 1. The fraction of sp³-hybridized carbons (Fsp3) is 0.667. The molecule has 0 spiro atoms. The van der Waals surface area contributed by atoms with E-state index in [-0.39, 0.29) is 31.0 Å². The van der Waals surface area contributed by atoms with E-state index >= 15 is 0 Å². The molecule has 4 atom stereocenters. The molecule has 1 aromatic rings. The molecule has 9 heteroatoms. The maximum absolute atomic E-state index is 13.6. The number of aromatic nitrogens is 2. The van der Waals surface area contributed by atoms with E-state index in [2.05, 4.69) is 31.2 Å². The molecule has 3 saturated heterocycles. The van der Waals surface area contributed by atoms with Gasteiger partial charge in [0.1, 0.15) is 12.2 Å². The lowest BCUT2D eigenvalue weighted by Crippen LogP contribution is -2.51. The van der Waals surface area contributed by atoms with Crippen LogP contribution in [0.4, 0.5) is 10.3 Å². The number of nitrogens with one attached hydrogen (secondary N) is 1. The third-order valence-electron chi connectivity index (χ3n) is 5.75. The first-order chi connectivity index (χ1) is 13.2. The van der Waals surface area contributed by atoms with Crippen molar-refractivity contribution in [2.75, 3.05) is 44.2 Å². The van der Waals surface area contributed by atoms with Crippen LogP contribution in [-0.4, -0.2) is 89.2 Å². The molecule has 27 heavy (non-hydrogen) atoms. The number of carbonyl (C=O) groups excluding carboxylic acids is 1.